The van der Waals surface area contributed by atoms with Gasteiger partial charge in [0, 0.05) is 23.4 Å². The molecule has 7 nitrogen and oxygen atoms in total. The number of hydrogen-bond donors (Lipinski definition) is 1. The van der Waals surface area contributed by atoms with Gasteiger partial charge in [-0.1, -0.05) is 42.5 Å². The van der Waals surface area contributed by atoms with Crippen molar-refractivity contribution in [3.63, 3.8) is 0 Å². The minimum Gasteiger partial charge on any atom is -0.497 e. The van der Waals surface area contributed by atoms with E-state index in [4.69, 9.17) is 4.74 Å². The number of carbonyl (C=O) groups is 2. The van der Waals surface area contributed by atoms with Gasteiger partial charge >= 0.3 is 0 Å². The summed E-state index contributed by atoms with van der Waals surface area (Å²) in [5, 5.41) is 2.85. The van der Waals surface area contributed by atoms with Crippen molar-refractivity contribution in [1.82, 2.24) is 14.5 Å². The SMILES string of the molecule is COc1cccc(C(=O)N(CC(=O)Nc2nc(-c3ccccc3)cn2-c2ccc(C)c(F)c2)C2CC2)c1. The molecule has 1 heterocycles. The van der Waals surface area contributed by atoms with Gasteiger partial charge in [-0.2, -0.15) is 0 Å². The number of ether oxygens (including phenoxy) is 1. The summed E-state index contributed by atoms with van der Waals surface area (Å²) in [5.74, 6) is -0.148. The molecule has 1 N–H and O–H groups in total. The molecule has 1 aliphatic rings. The van der Waals surface area contributed by atoms with Crippen molar-refractivity contribution in [3.05, 3.63) is 95.9 Å². The Balaban J connectivity index is 1.42. The zero-order valence-electron chi connectivity index (χ0n) is 20.6. The second-order valence-corrected chi connectivity index (χ2v) is 9.06. The average molecular weight is 499 g/mol. The largest absolute Gasteiger partial charge is 0.497 e. The van der Waals surface area contributed by atoms with Crippen molar-refractivity contribution in [2.75, 3.05) is 19.0 Å². The summed E-state index contributed by atoms with van der Waals surface area (Å²) in [6.07, 6.45) is 3.45. The molecule has 3 aromatic carbocycles. The van der Waals surface area contributed by atoms with Gasteiger partial charge in [-0.05, 0) is 55.7 Å². The van der Waals surface area contributed by atoms with E-state index < -0.39 is 0 Å². The highest BCUT2D eigenvalue weighted by Crippen LogP contribution is 2.29. The summed E-state index contributed by atoms with van der Waals surface area (Å²) >= 11 is 0. The third-order valence-corrected chi connectivity index (χ3v) is 6.34. The van der Waals surface area contributed by atoms with Crippen molar-refractivity contribution < 1.29 is 18.7 Å². The highest BCUT2D eigenvalue weighted by Gasteiger charge is 2.34. The molecule has 1 aliphatic carbocycles. The van der Waals surface area contributed by atoms with Crippen LogP contribution in [-0.2, 0) is 4.79 Å². The first-order valence-corrected chi connectivity index (χ1v) is 12.1. The van der Waals surface area contributed by atoms with Crippen molar-refractivity contribution in [1.29, 1.82) is 0 Å². The fourth-order valence-electron chi connectivity index (χ4n) is 4.14. The zero-order valence-corrected chi connectivity index (χ0v) is 20.6. The maximum Gasteiger partial charge on any atom is 0.254 e. The minimum atomic E-state index is -0.387. The number of aromatic nitrogens is 2. The highest BCUT2D eigenvalue weighted by molar-refractivity contribution is 5.99. The lowest BCUT2D eigenvalue weighted by atomic mass is 10.2. The lowest BCUT2D eigenvalue weighted by Gasteiger charge is -2.22. The molecule has 0 atom stereocenters. The third kappa shape index (κ3) is 5.38. The average Bonchev–Trinajstić information content (AvgIpc) is 3.68. The number of nitrogens with one attached hydrogen (secondary N) is 1. The van der Waals surface area contributed by atoms with Crippen LogP contribution in [0.25, 0.3) is 16.9 Å². The van der Waals surface area contributed by atoms with Crippen molar-refractivity contribution >= 4 is 17.8 Å². The van der Waals surface area contributed by atoms with E-state index in [1.165, 1.54) is 6.07 Å². The molecule has 1 saturated carbocycles. The Morgan fingerprint density at radius 1 is 1.08 bits per heavy atom. The number of halogens is 1. The number of imidazole rings is 1. The fraction of sp³-hybridized carbons (Fsp3) is 0.207. The first-order valence-electron chi connectivity index (χ1n) is 12.1. The topological polar surface area (TPSA) is 76.5 Å². The number of nitrogens with zero attached hydrogens (tertiary/aromatic N) is 3. The van der Waals surface area contributed by atoms with Crippen LogP contribution in [0.4, 0.5) is 10.3 Å². The smallest absolute Gasteiger partial charge is 0.254 e. The Hall–Kier alpha value is -4.46. The molecule has 0 unspecified atom stereocenters. The first kappa shape index (κ1) is 24.2. The van der Waals surface area contributed by atoms with Gasteiger partial charge in [-0.25, -0.2) is 9.37 Å². The molecule has 188 valence electrons. The molecule has 1 fully saturated rings. The van der Waals surface area contributed by atoms with Gasteiger partial charge in [0.1, 0.15) is 18.1 Å². The number of benzene rings is 3. The fourth-order valence-corrected chi connectivity index (χ4v) is 4.14. The summed E-state index contributed by atoms with van der Waals surface area (Å²) in [6.45, 7) is 1.56. The molecule has 8 heteroatoms. The van der Waals surface area contributed by atoms with Gasteiger partial charge in [-0.3, -0.25) is 19.5 Å². The van der Waals surface area contributed by atoms with Gasteiger partial charge in [0.25, 0.3) is 5.91 Å². The van der Waals surface area contributed by atoms with Crippen LogP contribution >= 0.6 is 0 Å². The van der Waals surface area contributed by atoms with Crippen LogP contribution in [0.1, 0.15) is 28.8 Å². The van der Waals surface area contributed by atoms with Gasteiger partial charge in [0.05, 0.1) is 18.5 Å². The molecule has 0 aliphatic heterocycles. The molecule has 2 amide bonds. The van der Waals surface area contributed by atoms with Crippen LogP contribution in [0.2, 0.25) is 0 Å². The quantitative estimate of drug-likeness (QED) is 0.361. The molecule has 0 bridgehead atoms. The molecular formula is C29H27FN4O3. The van der Waals surface area contributed by atoms with E-state index in [9.17, 15) is 14.0 Å². The Labute approximate surface area is 214 Å². The van der Waals surface area contributed by atoms with Crippen LogP contribution in [0.5, 0.6) is 5.75 Å². The van der Waals surface area contributed by atoms with Gasteiger partial charge < -0.3 is 9.64 Å². The molecule has 1 aromatic heterocycles. The second-order valence-electron chi connectivity index (χ2n) is 9.06. The maximum absolute atomic E-state index is 14.4. The van der Waals surface area contributed by atoms with E-state index in [1.807, 2.05) is 30.3 Å². The lowest BCUT2D eigenvalue weighted by Crippen LogP contribution is -2.39. The van der Waals surface area contributed by atoms with Gasteiger partial charge in [0.15, 0.2) is 0 Å². The Morgan fingerprint density at radius 3 is 2.57 bits per heavy atom. The van der Waals surface area contributed by atoms with Crippen molar-refractivity contribution in [2.45, 2.75) is 25.8 Å². The predicted molar refractivity (Wildman–Crippen MR) is 139 cm³/mol. The molecule has 0 spiro atoms. The Morgan fingerprint density at radius 2 is 1.86 bits per heavy atom. The summed E-state index contributed by atoms with van der Waals surface area (Å²) in [7, 11) is 1.54. The molecule has 37 heavy (non-hydrogen) atoms. The number of aryl methyl sites for hydroxylation is 1. The zero-order chi connectivity index (χ0) is 25.9. The molecule has 4 aromatic rings. The van der Waals surface area contributed by atoms with Crippen LogP contribution < -0.4 is 10.1 Å². The number of hydrogen-bond acceptors (Lipinski definition) is 4. The lowest BCUT2D eigenvalue weighted by molar-refractivity contribution is -0.117. The number of amides is 2. The Bertz CT molecular complexity index is 1450. The number of anilines is 1. The van der Waals surface area contributed by atoms with E-state index in [1.54, 1.807) is 66.1 Å². The van der Waals surface area contributed by atoms with E-state index in [0.717, 1.165) is 18.4 Å². The normalized spacial score (nSPS) is 12.7. The van der Waals surface area contributed by atoms with Crippen LogP contribution in [0, 0.1) is 12.7 Å². The maximum atomic E-state index is 14.4. The summed E-state index contributed by atoms with van der Waals surface area (Å²) in [5.41, 5.74) is 3.00. The third-order valence-electron chi connectivity index (χ3n) is 6.34. The highest BCUT2D eigenvalue weighted by atomic mass is 19.1. The van der Waals surface area contributed by atoms with Crippen molar-refractivity contribution in [3.8, 4) is 22.7 Å². The van der Waals surface area contributed by atoms with Crippen LogP contribution in [-0.4, -0.2) is 46.0 Å². The van der Waals surface area contributed by atoms with Crippen molar-refractivity contribution in [2.24, 2.45) is 0 Å². The van der Waals surface area contributed by atoms with E-state index in [2.05, 4.69) is 10.3 Å². The molecule has 0 radical (unpaired) electrons. The number of carbonyl (C=O) groups excluding carboxylic acids is 2. The monoisotopic (exact) mass is 498 g/mol. The van der Waals surface area contributed by atoms with Crippen LogP contribution in [0.3, 0.4) is 0 Å². The Kier molecular flexibility index (Phi) is 6.72. The minimum absolute atomic E-state index is 0.00951. The number of methoxy groups -OCH3 is 1. The summed E-state index contributed by atoms with van der Waals surface area (Å²) < 4.78 is 21.3. The first-order chi connectivity index (χ1) is 17.9. The van der Waals surface area contributed by atoms with E-state index in [-0.39, 0.29) is 36.2 Å². The molecule has 0 saturated heterocycles. The van der Waals surface area contributed by atoms with Crippen LogP contribution in [0.15, 0.2) is 79.0 Å². The predicted octanol–water partition coefficient (Wildman–Crippen LogP) is 5.24. The molecular weight excluding hydrogens is 471 g/mol. The number of rotatable bonds is 8. The van der Waals surface area contributed by atoms with Gasteiger partial charge in [0.2, 0.25) is 11.9 Å². The molecule has 5 rings (SSSR count). The van der Waals surface area contributed by atoms with E-state index >= 15 is 0 Å². The van der Waals surface area contributed by atoms with Gasteiger partial charge in [-0.15, -0.1) is 0 Å². The standard InChI is InChI=1S/C29H27FN4O3/c1-19-11-12-23(16-25(19)30)34-17-26(20-7-4-3-5-8-20)31-29(34)32-27(35)18-33(22-13-14-22)28(36)21-9-6-10-24(15-21)37-2/h3-12,15-17,22H,13-14,18H2,1-2H3,(H,31,32,35). The second kappa shape index (κ2) is 10.3. The summed E-state index contributed by atoms with van der Waals surface area (Å²) in [4.78, 5) is 32.7. The van der Waals surface area contributed by atoms with E-state index in [0.29, 0.717) is 28.3 Å². The summed E-state index contributed by atoms with van der Waals surface area (Å²) in [6, 6.07) is 21.3.